The minimum atomic E-state index is -3.40. The van der Waals surface area contributed by atoms with Gasteiger partial charge in [0.1, 0.15) is 13.7 Å². The van der Waals surface area contributed by atoms with Gasteiger partial charge in [0.25, 0.3) is 0 Å². The molecule has 0 aliphatic rings. The Hall–Kier alpha value is -2.51. The van der Waals surface area contributed by atoms with Crippen molar-refractivity contribution >= 4 is 40.7 Å². The standard InChI is InChI=1S/C12H14BFN6O4S/c1-15-25(22,23)5-4-16-11-10(19-24-20-11)12(18-21)17-7-2-3-9(14)8(13)6-7/h2-3,6,15,21H,4-5H2,1H3,(H,16,20)(H,17,18). The number of nitrogens with one attached hydrogen (secondary N) is 3. The molecule has 2 rings (SSSR count). The zero-order valence-electron chi connectivity index (χ0n) is 13.0. The lowest BCUT2D eigenvalue weighted by atomic mass is 9.95. The van der Waals surface area contributed by atoms with E-state index in [9.17, 15) is 18.0 Å². The average Bonchev–Trinajstić information content (AvgIpc) is 3.04. The van der Waals surface area contributed by atoms with Crippen LogP contribution >= 0.6 is 0 Å². The van der Waals surface area contributed by atoms with Gasteiger partial charge in [0, 0.05) is 6.54 Å². The van der Waals surface area contributed by atoms with Gasteiger partial charge in [-0.1, -0.05) is 5.46 Å². The molecule has 1 heterocycles. The second-order valence-electron chi connectivity index (χ2n) is 4.69. The number of sulfonamides is 1. The number of nitrogens with zero attached hydrogens (tertiary/aromatic N) is 3. The smallest absolute Gasteiger partial charge is 0.213 e. The van der Waals surface area contributed by atoms with Crippen LogP contribution in [-0.2, 0) is 10.0 Å². The van der Waals surface area contributed by atoms with E-state index in [2.05, 4.69) is 30.0 Å². The summed E-state index contributed by atoms with van der Waals surface area (Å²) >= 11 is 0. The Morgan fingerprint density at radius 3 is 2.84 bits per heavy atom. The lowest BCUT2D eigenvalue weighted by Gasteiger charge is -2.06. The van der Waals surface area contributed by atoms with Gasteiger partial charge in [0.15, 0.2) is 11.5 Å². The summed E-state index contributed by atoms with van der Waals surface area (Å²) < 4.78 is 42.7. The predicted molar refractivity (Wildman–Crippen MR) is 88.5 cm³/mol. The van der Waals surface area contributed by atoms with E-state index in [1.807, 2.05) is 5.48 Å². The van der Waals surface area contributed by atoms with Crippen LogP contribution in [0.2, 0.25) is 0 Å². The van der Waals surface area contributed by atoms with E-state index in [0.29, 0.717) is 0 Å². The van der Waals surface area contributed by atoms with Crippen molar-refractivity contribution in [1.82, 2.24) is 20.5 Å². The Kier molecular flexibility index (Phi) is 6.06. The van der Waals surface area contributed by atoms with Gasteiger partial charge in [-0.15, -0.1) is 0 Å². The zero-order valence-corrected chi connectivity index (χ0v) is 13.8. The van der Waals surface area contributed by atoms with E-state index >= 15 is 0 Å². The highest BCUT2D eigenvalue weighted by Crippen LogP contribution is 2.15. The lowest BCUT2D eigenvalue weighted by molar-refractivity contribution is 0.234. The Bertz CT molecular complexity index is 872. The van der Waals surface area contributed by atoms with E-state index in [0.717, 1.165) is 6.07 Å². The first-order valence-electron chi connectivity index (χ1n) is 6.88. The van der Waals surface area contributed by atoms with Crippen molar-refractivity contribution in [3.8, 4) is 0 Å². The molecule has 0 saturated carbocycles. The molecule has 4 N–H and O–H groups in total. The van der Waals surface area contributed by atoms with Gasteiger partial charge in [-0.05, 0) is 35.6 Å². The fraction of sp³-hybridized carbons (Fsp3) is 0.250. The van der Waals surface area contributed by atoms with Gasteiger partial charge >= 0.3 is 0 Å². The highest BCUT2D eigenvalue weighted by atomic mass is 32.2. The molecule has 0 amide bonds. The van der Waals surface area contributed by atoms with Crippen LogP contribution in [0, 0.1) is 5.82 Å². The number of halogens is 1. The molecule has 0 spiro atoms. The molecule has 0 unspecified atom stereocenters. The third-order valence-electron chi connectivity index (χ3n) is 3.01. The third kappa shape index (κ3) is 4.98. The molecule has 0 atom stereocenters. The molecule has 25 heavy (non-hydrogen) atoms. The molecule has 0 bridgehead atoms. The molecule has 1 aromatic carbocycles. The van der Waals surface area contributed by atoms with Crippen LogP contribution in [0.3, 0.4) is 0 Å². The molecule has 0 aliphatic heterocycles. The topological polar surface area (TPSA) is 142 Å². The van der Waals surface area contributed by atoms with Crippen molar-refractivity contribution in [2.24, 2.45) is 4.99 Å². The first kappa shape index (κ1) is 18.8. The zero-order chi connectivity index (χ0) is 18.4. The summed E-state index contributed by atoms with van der Waals surface area (Å²) in [5.74, 6) is -0.926. The number of hydroxylamine groups is 1. The van der Waals surface area contributed by atoms with Crippen LogP contribution < -0.4 is 21.0 Å². The lowest BCUT2D eigenvalue weighted by Crippen LogP contribution is -2.27. The van der Waals surface area contributed by atoms with Crippen molar-refractivity contribution in [1.29, 1.82) is 0 Å². The molecule has 0 aliphatic carbocycles. The average molecular weight is 368 g/mol. The SMILES string of the molecule is [B]c1cc(N=C(NO)c2nonc2NCCS(=O)(=O)NC)ccc1F. The maximum Gasteiger partial charge on any atom is 0.213 e. The highest BCUT2D eigenvalue weighted by Gasteiger charge is 2.17. The van der Waals surface area contributed by atoms with Crippen LogP contribution in [-0.4, -0.2) is 57.0 Å². The number of aliphatic imine (C=N–C) groups is 1. The molecule has 13 heteroatoms. The van der Waals surface area contributed by atoms with E-state index in [1.54, 1.807) is 0 Å². The Morgan fingerprint density at radius 2 is 2.20 bits per heavy atom. The van der Waals surface area contributed by atoms with Gasteiger partial charge in [0.2, 0.25) is 15.8 Å². The van der Waals surface area contributed by atoms with Gasteiger partial charge in [0.05, 0.1) is 11.4 Å². The molecule has 1 aromatic heterocycles. The maximum atomic E-state index is 13.2. The quantitative estimate of drug-likeness (QED) is 0.212. The van der Waals surface area contributed by atoms with E-state index in [1.165, 1.54) is 19.2 Å². The molecular weight excluding hydrogens is 354 g/mol. The van der Waals surface area contributed by atoms with E-state index < -0.39 is 15.8 Å². The van der Waals surface area contributed by atoms with Crippen molar-refractivity contribution in [2.45, 2.75) is 0 Å². The minimum absolute atomic E-state index is 0.00654. The van der Waals surface area contributed by atoms with Crippen LogP contribution in [0.15, 0.2) is 27.8 Å². The van der Waals surface area contributed by atoms with Crippen molar-refractivity contribution in [2.75, 3.05) is 24.7 Å². The Morgan fingerprint density at radius 1 is 1.44 bits per heavy atom. The summed E-state index contributed by atoms with van der Waals surface area (Å²) in [6, 6.07) is 3.71. The molecule has 0 saturated heterocycles. The van der Waals surface area contributed by atoms with Gasteiger partial charge in [-0.3, -0.25) is 10.7 Å². The monoisotopic (exact) mass is 368 g/mol. The summed E-state index contributed by atoms with van der Waals surface area (Å²) in [6.45, 7) is 0.00654. The molecule has 2 aromatic rings. The van der Waals surface area contributed by atoms with E-state index in [4.69, 9.17) is 7.85 Å². The summed E-state index contributed by atoms with van der Waals surface area (Å²) in [5, 5.41) is 19.1. The van der Waals surface area contributed by atoms with Crippen LogP contribution in [0.4, 0.5) is 15.9 Å². The second kappa shape index (κ2) is 8.05. The summed E-state index contributed by atoms with van der Waals surface area (Å²) in [5.41, 5.74) is 1.94. The van der Waals surface area contributed by atoms with Crippen molar-refractivity contribution < 1.29 is 22.6 Å². The first-order valence-corrected chi connectivity index (χ1v) is 8.53. The van der Waals surface area contributed by atoms with Crippen LogP contribution in [0.25, 0.3) is 0 Å². The highest BCUT2D eigenvalue weighted by molar-refractivity contribution is 7.89. The maximum absolute atomic E-state index is 13.2. The molecule has 132 valence electrons. The largest absolute Gasteiger partial charge is 0.364 e. The number of hydrogen-bond acceptors (Lipinski definition) is 8. The summed E-state index contributed by atoms with van der Waals surface area (Å²) in [4.78, 5) is 4.03. The molecule has 10 nitrogen and oxygen atoms in total. The van der Waals surface area contributed by atoms with Crippen molar-refractivity contribution in [3.63, 3.8) is 0 Å². The minimum Gasteiger partial charge on any atom is -0.364 e. The summed E-state index contributed by atoms with van der Waals surface area (Å²) in [7, 11) is 3.35. The predicted octanol–water partition coefficient (Wildman–Crippen LogP) is -0.979. The number of anilines is 1. The summed E-state index contributed by atoms with van der Waals surface area (Å²) in [6.07, 6.45) is 0. The van der Waals surface area contributed by atoms with Gasteiger partial charge < -0.3 is 5.32 Å². The number of benzene rings is 1. The fourth-order valence-corrected chi connectivity index (χ4v) is 2.30. The van der Waals surface area contributed by atoms with Crippen LogP contribution in [0.1, 0.15) is 5.69 Å². The van der Waals surface area contributed by atoms with Gasteiger partial charge in [-0.2, -0.15) is 0 Å². The fourth-order valence-electron chi connectivity index (χ4n) is 1.73. The second-order valence-corrected chi connectivity index (χ2v) is 6.74. The number of rotatable bonds is 7. The molecular formula is C12H14BFN6O4S. The normalized spacial score (nSPS) is 12.2. The Labute approximate surface area is 143 Å². The number of aromatic nitrogens is 2. The number of amidine groups is 1. The Balaban J connectivity index is 2.20. The molecule has 0 fully saturated rings. The van der Waals surface area contributed by atoms with E-state index in [-0.39, 0.29) is 40.8 Å². The first-order chi connectivity index (χ1) is 11.9. The van der Waals surface area contributed by atoms with Gasteiger partial charge in [-0.25, -0.2) is 27.2 Å². The third-order valence-corrected chi connectivity index (χ3v) is 4.38. The van der Waals surface area contributed by atoms with Crippen LogP contribution in [0.5, 0.6) is 0 Å². The number of hydrogen-bond donors (Lipinski definition) is 4. The van der Waals surface area contributed by atoms with Crippen molar-refractivity contribution in [3.05, 3.63) is 29.7 Å². The molecule has 2 radical (unpaired) electrons.